The predicted molar refractivity (Wildman–Crippen MR) is 161 cm³/mol. The number of thiazole rings is 1. The number of hydrogen-bond acceptors (Lipinski definition) is 8. The van der Waals surface area contributed by atoms with Crippen molar-refractivity contribution >= 4 is 39.9 Å². The first-order valence-corrected chi connectivity index (χ1v) is 14.3. The van der Waals surface area contributed by atoms with Gasteiger partial charge in [-0.1, -0.05) is 71.5 Å². The summed E-state index contributed by atoms with van der Waals surface area (Å²) in [5.74, 6) is -1.92. The zero-order valence-electron chi connectivity index (χ0n) is 23.7. The van der Waals surface area contributed by atoms with Gasteiger partial charge in [0.25, 0.3) is 5.78 Å². The molecule has 8 nitrogen and oxygen atoms in total. The molecule has 0 aliphatic carbocycles. The second-order valence-electron chi connectivity index (χ2n) is 9.96. The molecule has 0 spiro atoms. The fourth-order valence-corrected chi connectivity index (χ4v) is 5.83. The number of benzene rings is 3. The summed E-state index contributed by atoms with van der Waals surface area (Å²) in [5.41, 5.74) is 4.03. The Morgan fingerprint density at radius 1 is 1.00 bits per heavy atom. The fraction of sp³-hybridized carbons (Fsp3) is 0.212. The van der Waals surface area contributed by atoms with Crippen molar-refractivity contribution in [1.82, 2.24) is 4.98 Å². The highest BCUT2D eigenvalue weighted by Gasteiger charge is 2.48. The number of aromatic nitrogens is 1. The molecule has 1 aliphatic heterocycles. The average Bonchev–Trinajstić information content (AvgIpc) is 3.49. The highest BCUT2D eigenvalue weighted by atomic mass is 32.1. The maximum Gasteiger partial charge on any atom is 0.350 e. The largest absolute Gasteiger partial charge is 0.507 e. The predicted octanol–water partition coefficient (Wildman–Crippen LogP) is 6.45. The van der Waals surface area contributed by atoms with Gasteiger partial charge in [0, 0.05) is 5.56 Å². The number of carbonyl (C=O) groups excluding carboxylic acids is 3. The molecule has 2 heterocycles. The number of amides is 1. The topological polar surface area (TPSA) is 106 Å². The Morgan fingerprint density at radius 2 is 1.71 bits per heavy atom. The van der Waals surface area contributed by atoms with E-state index in [9.17, 15) is 19.5 Å². The molecular formula is C33H30N2O6S. The Balaban J connectivity index is 1.57. The summed E-state index contributed by atoms with van der Waals surface area (Å²) in [5, 5.41) is 11.8. The van der Waals surface area contributed by atoms with E-state index in [1.807, 2.05) is 61.5 Å². The van der Waals surface area contributed by atoms with Crippen molar-refractivity contribution in [2.75, 3.05) is 11.5 Å². The standard InChI is InChI=1S/C33H30N2O6S/c1-5-40-32(39)30-21(4)34-33(42-30)35-27(23-13-11-19(2)12-14-23)26(29(37)31(35)38)28(36)25-16-15-24(17-20(25)3)41-18-22-9-7-6-8-10-22/h6-17,27,36H,5,18H2,1-4H3/b28-26+/t27-/m0/s1. The molecule has 1 aliphatic rings. The summed E-state index contributed by atoms with van der Waals surface area (Å²) in [6.45, 7) is 7.65. The van der Waals surface area contributed by atoms with Gasteiger partial charge in [-0.2, -0.15) is 0 Å². The van der Waals surface area contributed by atoms with Crippen molar-refractivity contribution in [1.29, 1.82) is 0 Å². The molecule has 1 N–H and O–H groups in total. The highest BCUT2D eigenvalue weighted by Crippen LogP contribution is 2.44. The van der Waals surface area contributed by atoms with E-state index in [-0.39, 0.29) is 27.9 Å². The number of aryl methyl sites for hydroxylation is 3. The van der Waals surface area contributed by atoms with Gasteiger partial charge in [0.1, 0.15) is 23.0 Å². The number of aliphatic hydroxyl groups is 1. The van der Waals surface area contributed by atoms with Gasteiger partial charge in [-0.25, -0.2) is 9.78 Å². The van der Waals surface area contributed by atoms with Crippen LogP contribution in [0.4, 0.5) is 5.13 Å². The number of ether oxygens (including phenoxy) is 2. The molecule has 5 rings (SSSR count). The third-order valence-corrected chi connectivity index (χ3v) is 8.13. The number of nitrogens with zero attached hydrogens (tertiary/aromatic N) is 2. The summed E-state index contributed by atoms with van der Waals surface area (Å²) in [4.78, 5) is 45.6. The van der Waals surface area contributed by atoms with Gasteiger partial charge in [0.05, 0.1) is 23.9 Å². The Kier molecular flexibility index (Phi) is 8.22. The zero-order valence-corrected chi connectivity index (χ0v) is 24.5. The number of anilines is 1. The van der Waals surface area contributed by atoms with Crippen LogP contribution in [-0.2, 0) is 20.9 Å². The van der Waals surface area contributed by atoms with E-state index in [1.54, 1.807) is 39.0 Å². The molecule has 1 aromatic heterocycles. The van der Waals surface area contributed by atoms with E-state index in [1.165, 1.54) is 4.90 Å². The van der Waals surface area contributed by atoms with Crippen LogP contribution in [0, 0.1) is 20.8 Å². The molecule has 4 aromatic rings. The number of carbonyl (C=O) groups is 3. The second kappa shape index (κ2) is 12.0. The van der Waals surface area contributed by atoms with Gasteiger partial charge in [-0.3, -0.25) is 14.5 Å². The van der Waals surface area contributed by atoms with E-state index in [0.29, 0.717) is 34.7 Å². The van der Waals surface area contributed by atoms with Crippen molar-refractivity contribution in [2.24, 2.45) is 0 Å². The zero-order chi connectivity index (χ0) is 30.0. The third kappa shape index (κ3) is 5.56. The number of esters is 1. The van der Waals surface area contributed by atoms with E-state index in [0.717, 1.165) is 22.5 Å². The molecule has 9 heteroatoms. The summed E-state index contributed by atoms with van der Waals surface area (Å²) in [6.07, 6.45) is 0. The van der Waals surface area contributed by atoms with Crippen LogP contribution >= 0.6 is 11.3 Å². The molecule has 0 unspecified atom stereocenters. The maximum atomic E-state index is 13.6. The summed E-state index contributed by atoms with van der Waals surface area (Å²) >= 11 is 0.977. The van der Waals surface area contributed by atoms with Crippen LogP contribution < -0.4 is 9.64 Å². The average molecular weight is 583 g/mol. The minimum absolute atomic E-state index is 0.0598. The first-order valence-electron chi connectivity index (χ1n) is 13.5. The molecule has 1 atom stereocenters. The molecular weight excluding hydrogens is 552 g/mol. The van der Waals surface area contributed by atoms with Crippen molar-refractivity contribution in [3.8, 4) is 5.75 Å². The van der Waals surface area contributed by atoms with Crippen LogP contribution in [0.2, 0.25) is 0 Å². The first-order chi connectivity index (χ1) is 20.2. The van der Waals surface area contributed by atoms with Gasteiger partial charge in [0.15, 0.2) is 5.13 Å². The lowest BCUT2D eigenvalue weighted by Crippen LogP contribution is -2.29. The molecule has 42 heavy (non-hydrogen) atoms. The second-order valence-corrected chi connectivity index (χ2v) is 10.9. The lowest BCUT2D eigenvalue weighted by Gasteiger charge is -2.23. The van der Waals surface area contributed by atoms with E-state index >= 15 is 0 Å². The van der Waals surface area contributed by atoms with Gasteiger partial charge in [0.2, 0.25) is 0 Å². The SMILES string of the molecule is CCOC(=O)c1sc(N2C(=O)C(=O)/C(=C(/O)c3ccc(OCc4ccccc4)cc3C)[C@@H]2c2ccc(C)cc2)nc1C. The van der Waals surface area contributed by atoms with Crippen LogP contribution in [0.5, 0.6) is 5.75 Å². The van der Waals surface area contributed by atoms with Crippen LogP contribution in [0.25, 0.3) is 5.76 Å². The van der Waals surface area contributed by atoms with Crippen molar-refractivity contribution < 1.29 is 29.0 Å². The lowest BCUT2D eigenvalue weighted by molar-refractivity contribution is -0.132. The minimum atomic E-state index is -0.959. The van der Waals surface area contributed by atoms with Gasteiger partial charge < -0.3 is 14.6 Å². The Hall–Kier alpha value is -4.76. The van der Waals surface area contributed by atoms with Crippen LogP contribution in [0.3, 0.4) is 0 Å². The number of ketones is 1. The summed E-state index contributed by atoms with van der Waals surface area (Å²) in [7, 11) is 0. The van der Waals surface area contributed by atoms with Gasteiger partial charge in [-0.05, 0) is 62.6 Å². The summed E-state index contributed by atoms with van der Waals surface area (Å²) < 4.78 is 11.1. The molecule has 214 valence electrons. The van der Waals surface area contributed by atoms with E-state index in [2.05, 4.69) is 4.98 Å². The van der Waals surface area contributed by atoms with Crippen LogP contribution in [-0.4, -0.2) is 34.4 Å². The van der Waals surface area contributed by atoms with Gasteiger partial charge >= 0.3 is 11.9 Å². The molecule has 1 amide bonds. The number of rotatable bonds is 8. The van der Waals surface area contributed by atoms with Crippen LogP contribution in [0.1, 0.15) is 56.1 Å². The first kappa shape index (κ1) is 28.8. The third-order valence-electron chi connectivity index (χ3n) is 6.99. The molecule has 0 saturated carbocycles. The normalized spacial score (nSPS) is 16.1. The number of aliphatic hydroxyl groups excluding tert-OH is 1. The molecule has 1 fully saturated rings. The monoisotopic (exact) mass is 582 g/mol. The molecule has 0 bridgehead atoms. The number of Topliss-reactive ketones (excluding diaryl/α,β-unsaturated/α-hetero) is 1. The highest BCUT2D eigenvalue weighted by molar-refractivity contribution is 7.17. The molecule has 3 aromatic carbocycles. The quantitative estimate of drug-likeness (QED) is 0.110. The Morgan fingerprint density at radius 3 is 2.38 bits per heavy atom. The maximum absolute atomic E-state index is 13.6. The minimum Gasteiger partial charge on any atom is -0.507 e. The fourth-order valence-electron chi connectivity index (χ4n) is 4.84. The Bertz CT molecular complexity index is 1690. The Labute approximate surface area is 247 Å². The molecule has 1 saturated heterocycles. The smallest absolute Gasteiger partial charge is 0.350 e. The van der Waals surface area contributed by atoms with Gasteiger partial charge in [-0.15, -0.1) is 0 Å². The van der Waals surface area contributed by atoms with E-state index in [4.69, 9.17) is 9.47 Å². The van der Waals surface area contributed by atoms with Crippen molar-refractivity contribution in [3.05, 3.63) is 117 Å². The van der Waals surface area contributed by atoms with Crippen molar-refractivity contribution in [3.63, 3.8) is 0 Å². The molecule has 0 radical (unpaired) electrons. The lowest BCUT2D eigenvalue weighted by atomic mass is 9.93. The van der Waals surface area contributed by atoms with Crippen molar-refractivity contribution in [2.45, 2.75) is 40.3 Å². The summed E-state index contributed by atoms with van der Waals surface area (Å²) in [6, 6.07) is 21.3. The van der Waals surface area contributed by atoms with E-state index < -0.39 is 23.7 Å². The number of hydrogen-bond donors (Lipinski definition) is 1. The van der Waals surface area contributed by atoms with Crippen LogP contribution in [0.15, 0.2) is 78.4 Å².